The number of fused-ring (bicyclic) bond motifs is 2. The highest BCUT2D eigenvalue weighted by Crippen LogP contribution is 2.37. The van der Waals surface area contributed by atoms with Crippen LogP contribution in [-0.4, -0.2) is 78.2 Å². The number of anilines is 2. The lowest BCUT2D eigenvalue weighted by Crippen LogP contribution is -2.55. The minimum Gasteiger partial charge on any atom is -0.383 e. The van der Waals surface area contributed by atoms with E-state index in [1.165, 1.54) is 25.7 Å². The fourth-order valence-corrected chi connectivity index (χ4v) is 5.01. The highest BCUT2D eigenvalue weighted by Gasteiger charge is 2.40. The van der Waals surface area contributed by atoms with Crippen LogP contribution in [0.3, 0.4) is 0 Å². The molecule has 132 valence electrons. The summed E-state index contributed by atoms with van der Waals surface area (Å²) in [5.41, 5.74) is 0.838. The molecule has 3 aliphatic heterocycles. The molecule has 3 aliphatic rings. The van der Waals surface area contributed by atoms with Crippen molar-refractivity contribution >= 4 is 23.1 Å². The van der Waals surface area contributed by atoms with Crippen molar-refractivity contribution in [2.75, 3.05) is 50.5 Å². The first-order valence-corrected chi connectivity index (χ1v) is 9.44. The van der Waals surface area contributed by atoms with E-state index in [-0.39, 0.29) is 0 Å². The van der Waals surface area contributed by atoms with Gasteiger partial charge < -0.3 is 15.1 Å². The normalized spacial score (nSPS) is 31.5. The van der Waals surface area contributed by atoms with Crippen LogP contribution in [0.5, 0.6) is 0 Å². The average molecular weight is 351 g/mol. The molecule has 0 aliphatic carbocycles. The highest BCUT2D eigenvalue weighted by molar-refractivity contribution is 6.32. The largest absolute Gasteiger partial charge is 0.383 e. The predicted octanol–water partition coefficient (Wildman–Crippen LogP) is 1.92. The van der Waals surface area contributed by atoms with E-state index in [1.54, 1.807) is 6.33 Å². The Balaban J connectivity index is 1.40. The van der Waals surface area contributed by atoms with Gasteiger partial charge in [-0.05, 0) is 32.7 Å². The van der Waals surface area contributed by atoms with Crippen LogP contribution in [0.2, 0.25) is 5.15 Å². The summed E-state index contributed by atoms with van der Waals surface area (Å²) >= 11 is 6.20. The first kappa shape index (κ1) is 16.4. The van der Waals surface area contributed by atoms with Crippen LogP contribution in [0.4, 0.5) is 11.5 Å². The molecule has 7 heteroatoms. The number of piperidine rings is 1. The van der Waals surface area contributed by atoms with Crippen LogP contribution >= 0.6 is 11.6 Å². The van der Waals surface area contributed by atoms with Gasteiger partial charge in [0.25, 0.3) is 0 Å². The molecule has 2 bridgehead atoms. The molecular weight excluding hydrogens is 324 g/mol. The molecule has 3 fully saturated rings. The molecule has 4 heterocycles. The van der Waals surface area contributed by atoms with Crippen LogP contribution < -0.4 is 10.2 Å². The number of piperazine rings is 1. The number of nitrogens with zero attached hydrogens (tertiary/aromatic N) is 5. The topological polar surface area (TPSA) is 47.5 Å². The number of nitrogens with one attached hydrogen (secondary N) is 1. The molecule has 0 aromatic carbocycles. The fourth-order valence-electron chi connectivity index (χ4n) is 4.79. The Morgan fingerprint density at radius 2 is 1.71 bits per heavy atom. The minimum absolute atomic E-state index is 0.497. The number of hydrogen-bond donors (Lipinski definition) is 1. The summed E-state index contributed by atoms with van der Waals surface area (Å²) < 4.78 is 0. The van der Waals surface area contributed by atoms with Gasteiger partial charge in [-0.15, -0.1) is 0 Å². The van der Waals surface area contributed by atoms with Gasteiger partial charge in [-0.1, -0.05) is 11.6 Å². The third-order valence-corrected chi connectivity index (χ3v) is 6.52. The van der Waals surface area contributed by atoms with Crippen LogP contribution in [0.15, 0.2) is 6.33 Å². The van der Waals surface area contributed by atoms with Crippen molar-refractivity contribution in [1.82, 2.24) is 19.8 Å². The molecule has 6 nitrogen and oxygen atoms in total. The van der Waals surface area contributed by atoms with Crippen LogP contribution in [-0.2, 0) is 0 Å². The van der Waals surface area contributed by atoms with Gasteiger partial charge in [0.05, 0.1) is 0 Å². The number of halogens is 1. The Morgan fingerprint density at radius 3 is 2.33 bits per heavy atom. The first-order valence-electron chi connectivity index (χ1n) is 9.06. The molecular formula is C17H27ClN6. The van der Waals surface area contributed by atoms with Crippen LogP contribution in [0.1, 0.15) is 25.7 Å². The lowest BCUT2D eigenvalue weighted by Gasteiger charge is -2.45. The zero-order valence-electron chi connectivity index (χ0n) is 14.6. The van der Waals surface area contributed by atoms with E-state index in [0.29, 0.717) is 5.15 Å². The summed E-state index contributed by atoms with van der Waals surface area (Å²) in [6.45, 7) is 4.23. The fraction of sp³-hybridized carbons (Fsp3) is 0.765. The summed E-state index contributed by atoms with van der Waals surface area (Å²) in [4.78, 5) is 16.2. The van der Waals surface area contributed by atoms with E-state index >= 15 is 0 Å². The molecule has 2 unspecified atom stereocenters. The quantitative estimate of drug-likeness (QED) is 0.840. The number of aromatic nitrogens is 2. The minimum atomic E-state index is 0.497. The summed E-state index contributed by atoms with van der Waals surface area (Å²) in [7, 11) is 4.19. The monoisotopic (exact) mass is 350 g/mol. The van der Waals surface area contributed by atoms with Gasteiger partial charge in [-0.2, -0.15) is 0 Å². The van der Waals surface area contributed by atoms with Crippen molar-refractivity contribution in [3.05, 3.63) is 11.5 Å². The standard InChI is InChI=1S/C17H27ClN6/c1-19-15-16(18)20-11-21-17(15)24-7-5-23(6-8-24)14-9-12-3-4-13(10-14)22(12)2/h11-14,19H,3-10H2,1-2H3. The van der Waals surface area contributed by atoms with Crippen molar-refractivity contribution in [2.24, 2.45) is 0 Å². The number of hydrogen-bond acceptors (Lipinski definition) is 6. The second-order valence-corrected chi connectivity index (χ2v) is 7.67. The lowest BCUT2D eigenvalue weighted by molar-refractivity contribution is 0.0718. The molecule has 3 saturated heterocycles. The Bertz CT molecular complexity index is 574. The van der Waals surface area contributed by atoms with Gasteiger partial charge in [-0.25, -0.2) is 9.97 Å². The maximum absolute atomic E-state index is 6.20. The summed E-state index contributed by atoms with van der Waals surface area (Å²) in [6.07, 6.45) is 7.02. The molecule has 0 spiro atoms. The molecule has 2 atom stereocenters. The van der Waals surface area contributed by atoms with Crippen LogP contribution in [0, 0.1) is 0 Å². The van der Waals surface area contributed by atoms with Crippen molar-refractivity contribution in [1.29, 1.82) is 0 Å². The Hall–Kier alpha value is -1.11. The number of rotatable bonds is 3. The maximum atomic E-state index is 6.20. The zero-order valence-corrected chi connectivity index (χ0v) is 15.3. The van der Waals surface area contributed by atoms with E-state index in [2.05, 4.69) is 37.0 Å². The van der Waals surface area contributed by atoms with E-state index in [9.17, 15) is 0 Å². The summed E-state index contributed by atoms with van der Waals surface area (Å²) in [6, 6.07) is 2.38. The van der Waals surface area contributed by atoms with Crippen molar-refractivity contribution in [3.63, 3.8) is 0 Å². The van der Waals surface area contributed by atoms with Gasteiger partial charge in [0.15, 0.2) is 11.0 Å². The average Bonchev–Trinajstić information content (AvgIpc) is 2.83. The second-order valence-electron chi connectivity index (χ2n) is 7.31. The Kier molecular flexibility index (Phi) is 4.54. The van der Waals surface area contributed by atoms with E-state index in [1.807, 2.05) is 7.05 Å². The van der Waals surface area contributed by atoms with Crippen molar-refractivity contribution < 1.29 is 0 Å². The molecule has 0 saturated carbocycles. The molecule has 1 aromatic heterocycles. The SMILES string of the molecule is CNc1c(Cl)ncnc1N1CCN(C2CC3CCC(C2)N3C)CC1. The molecule has 1 aromatic rings. The molecule has 1 N–H and O–H groups in total. The molecule has 4 rings (SSSR count). The van der Waals surface area contributed by atoms with Gasteiger partial charge in [0.2, 0.25) is 0 Å². The van der Waals surface area contributed by atoms with Gasteiger partial charge in [0, 0.05) is 51.4 Å². The van der Waals surface area contributed by atoms with E-state index in [0.717, 1.165) is 55.8 Å². The Labute approximate surface area is 149 Å². The van der Waals surface area contributed by atoms with Gasteiger partial charge in [-0.3, -0.25) is 4.90 Å². The van der Waals surface area contributed by atoms with E-state index in [4.69, 9.17) is 11.6 Å². The summed E-state index contributed by atoms with van der Waals surface area (Å²) in [5.74, 6) is 0.931. The highest BCUT2D eigenvalue weighted by atomic mass is 35.5. The second kappa shape index (κ2) is 6.65. The smallest absolute Gasteiger partial charge is 0.157 e. The van der Waals surface area contributed by atoms with Gasteiger partial charge >= 0.3 is 0 Å². The lowest BCUT2D eigenvalue weighted by atomic mass is 9.96. The van der Waals surface area contributed by atoms with Crippen LogP contribution in [0.25, 0.3) is 0 Å². The van der Waals surface area contributed by atoms with Gasteiger partial charge in [0.1, 0.15) is 12.0 Å². The van der Waals surface area contributed by atoms with E-state index < -0.39 is 0 Å². The summed E-state index contributed by atoms with van der Waals surface area (Å²) in [5, 5.41) is 3.64. The zero-order chi connectivity index (χ0) is 16.7. The first-order chi connectivity index (χ1) is 11.7. The van der Waals surface area contributed by atoms with Crippen molar-refractivity contribution in [3.8, 4) is 0 Å². The molecule has 24 heavy (non-hydrogen) atoms. The molecule has 0 radical (unpaired) electrons. The maximum Gasteiger partial charge on any atom is 0.157 e. The third kappa shape index (κ3) is 2.85. The third-order valence-electron chi connectivity index (χ3n) is 6.23. The van der Waals surface area contributed by atoms with Crippen molar-refractivity contribution in [2.45, 2.75) is 43.8 Å². The molecule has 0 amide bonds. The predicted molar refractivity (Wildman–Crippen MR) is 98.0 cm³/mol. The Morgan fingerprint density at radius 1 is 1.04 bits per heavy atom.